The summed E-state index contributed by atoms with van der Waals surface area (Å²) in [5.74, 6) is 0. The van der Waals surface area contributed by atoms with E-state index in [1.54, 1.807) is 0 Å². The van der Waals surface area contributed by atoms with Crippen molar-refractivity contribution < 1.29 is 23.2 Å². The summed E-state index contributed by atoms with van der Waals surface area (Å²) < 4.78 is 30.2. The second-order valence-corrected chi connectivity index (χ2v) is 4.36. The third kappa shape index (κ3) is 2.89. The van der Waals surface area contributed by atoms with Crippen molar-refractivity contribution in [1.29, 1.82) is 0 Å². The van der Waals surface area contributed by atoms with Crippen LogP contribution in [0.25, 0.3) is 0 Å². The first-order valence-electron chi connectivity index (χ1n) is 4.14. The summed E-state index contributed by atoms with van der Waals surface area (Å²) in [6, 6.07) is -0.450. The van der Waals surface area contributed by atoms with Crippen molar-refractivity contribution in [3.8, 4) is 0 Å². The van der Waals surface area contributed by atoms with Crippen LogP contribution in [-0.4, -0.2) is 28.7 Å². The number of nitrogens with zero attached hydrogens (tertiary/aromatic N) is 1. The quantitative estimate of drug-likeness (QED) is 0.410. The van der Waals surface area contributed by atoms with Crippen LogP contribution in [0.5, 0.6) is 0 Å². The van der Waals surface area contributed by atoms with Crippen molar-refractivity contribution in [1.82, 2.24) is 4.47 Å². The topological polar surface area (TPSA) is 87.1 Å². The molecule has 0 unspecified atom stereocenters. The Morgan fingerprint density at radius 1 is 1.23 bits per heavy atom. The Kier molecular flexibility index (Phi) is 3.63. The van der Waals surface area contributed by atoms with Gasteiger partial charge in [0, 0.05) is 0 Å². The van der Waals surface area contributed by atoms with Crippen LogP contribution in [0.4, 0.5) is 0 Å². The van der Waals surface area contributed by atoms with Gasteiger partial charge in [-0.25, -0.2) is 5.26 Å². The molecule has 0 radical (unpaired) electrons. The summed E-state index contributed by atoms with van der Waals surface area (Å²) in [5, 5.41) is 8.30. The number of rotatable bonds is 3. The van der Waals surface area contributed by atoms with Crippen molar-refractivity contribution in [3.05, 3.63) is 0 Å². The van der Waals surface area contributed by atoms with E-state index in [4.69, 9.17) is 9.81 Å². The van der Waals surface area contributed by atoms with Crippen LogP contribution >= 0.6 is 0 Å². The minimum Gasteiger partial charge on any atom is -0.272 e. The first-order valence-corrected chi connectivity index (χ1v) is 5.54. The molecule has 1 aliphatic carbocycles. The van der Waals surface area contributed by atoms with Crippen molar-refractivity contribution in [2.45, 2.75) is 38.1 Å². The van der Waals surface area contributed by atoms with Crippen molar-refractivity contribution >= 4 is 10.3 Å². The minimum absolute atomic E-state index is 0.256. The Balaban J connectivity index is 2.65. The second kappa shape index (κ2) is 4.34. The highest BCUT2D eigenvalue weighted by Crippen LogP contribution is 2.23. The average molecular weight is 211 g/mol. The van der Waals surface area contributed by atoms with E-state index in [1.807, 2.05) is 0 Å². The number of hydroxylamine groups is 1. The third-order valence-electron chi connectivity index (χ3n) is 2.18. The zero-order chi connectivity index (χ0) is 9.90. The van der Waals surface area contributed by atoms with Crippen LogP contribution in [0.1, 0.15) is 32.1 Å². The fourth-order valence-electron chi connectivity index (χ4n) is 1.59. The van der Waals surface area contributed by atoms with Gasteiger partial charge in [0.1, 0.15) is 0 Å². The van der Waals surface area contributed by atoms with Crippen molar-refractivity contribution in [2.24, 2.45) is 0 Å². The molecule has 0 aromatic heterocycles. The van der Waals surface area contributed by atoms with Crippen LogP contribution in [0.15, 0.2) is 0 Å². The molecule has 7 heteroatoms. The molecule has 0 saturated heterocycles. The van der Waals surface area contributed by atoms with Crippen LogP contribution in [0, 0.1) is 0 Å². The molecule has 0 aliphatic heterocycles. The summed E-state index contributed by atoms with van der Waals surface area (Å²) in [4.78, 5) is 3.65. The smallest absolute Gasteiger partial charge is 0.272 e. The maximum Gasteiger partial charge on any atom is 0.361 e. The predicted octanol–water partition coefficient (Wildman–Crippen LogP) is 0.828. The van der Waals surface area contributed by atoms with E-state index < -0.39 is 16.3 Å². The van der Waals surface area contributed by atoms with Crippen LogP contribution in [0.2, 0.25) is 0 Å². The van der Waals surface area contributed by atoms with E-state index >= 15 is 0 Å². The fraction of sp³-hybridized carbons (Fsp3) is 1.00. The van der Waals surface area contributed by atoms with Crippen molar-refractivity contribution in [2.75, 3.05) is 0 Å². The van der Waals surface area contributed by atoms with Gasteiger partial charge in [0.25, 0.3) is 0 Å². The van der Waals surface area contributed by atoms with E-state index in [0.29, 0.717) is 12.8 Å². The molecular weight excluding hydrogens is 198 g/mol. The molecule has 1 rings (SSSR count). The molecule has 0 heterocycles. The van der Waals surface area contributed by atoms with E-state index in [9.17, 15) is 8.42 Å². The molecule has 1 saturated carbocycles. The monoisotopic (exact) mass is 211 g/mol. The standard InChI is InChI=1S/C6H13NO5S/c8-12-7(13(9,10)11)6-4-2-1-3-5-6/h6,8H,1-5H2,(H,9,10,11). The summed E-state index contributed by atoms with van der Waals surface area (Å²) in [6.45, 7) is 0. The van der Waals surface area contributed by atoms with Gasteiger partial charge in [-0.3, -0.25) is 4.55 Å². The van der Waals surface area contributed by atoms with Gasteiger partial charge in [-0.1, -0.05) is 19.3 Å². The summed E-state index contributed by atoms with van der Waals surface area (Å²) >= 11 is 0. The van der Waals surface area contributed by atoms with Gasteiger partial charge in [0.2, 0.25) is 0 Å². The Morgan fingerprint density at radius 3 is 2.15 bits per heavy atom. The summed E-state index contributed by atoms with van der Waals surface area (Å²) in [7, 11) is -4.45. The largest absolute Gasteiger partial charge is 0.361 e. The number of hydrogen-bond acceptors (Lipinski definition) is 4. The molecule has 0 spiro atoms. The van der Waals surface area contributed by atoms with Crippen molar-refractivity contribution in [3.63, 3.8) is 0 Å². The second-order valence-electron chi connectivity index (χ2n) is 3.11. The molecular formula is C6H13NO5S. The lowest BCUT2D eigenvalue weighted by Gasteiger charge is -2.27. The van der Waals surface area contributed by atoms with Gasteiger partial charge < -0.3 is 0 Å². The maximum atomic E-state index is 10.7. The number of hydrogen-bond donors (Lipinski definition) is 2. The molecule has 13 heavy (non-hydrogen) atoms. The molecule has 1 aliphatic rings. The highest BCUT2D eigenvalue weighted by Gasteiger charge is 2.31. The summed E-state index contributed by atoms with van der Waals surface area (Å²) in [6.07, 6.45) is 3.99. The first-order chi connectivity index (χ1) is 6.05. The first kappa shape index (κ1) is 10.9. The Morgan fingerprint density at radius 2 is 1.77 bits per heavy atom. The van der Waals surface area contributed by atoms with E-state index in [2.05, 4.69) is 4.99 Å². The molecule has 0 aromatic carbocycles. The predicted molar refractivity (Wildman–Crippen MR) is 44.0 cm³/mol. The lowest BCUT2D eigenvalue weighted by atomic mass is 9.96. The molecule has 2 N–H and O–H groups in total. The molecule has 0 atom stereocenters. The highest BCUT2D eigenvalue weighted by molar-refractivity contribution is 7.83. The SMILES string of the molecule is O=S(=O)(O)N(OO)C1CCCCC1. The molecule has 78 valence electrons. The van der Waals surface area contributed by atoms with E-state index in [0.717, 1.165) is 19.3 Å². The van der Waals surface area contributed by atoms with Gasteiger partial charge >= 0.3 is 10.3 Å². The molecule has 0 bridgehead atoms. The summed E-state index contributed by atoms with van der Waals surface area (Å²) in [5.41, 5.74) is 0. The third-order valence-corrected chi connectivity index (χ3v) is 3.00. The maximum absolute atomic E-state index is 10.7. The molecule has 1 fully saturated rings. The van der Waals surface area contributed by atoms with E-state index in [-0.39, 0.29) is 4.47 Å². The van der Waals surface area contributed by atoms with Crippen LogP contribution in [-0.2, 0) is 15.3 Å². The molecule has 0 aromatic rings. The lowest BCUT2D eigenvalue weighted by Crippen LogP contribution is -2.40. The van der Waals surface area contributed by atoms with Gasteiger partial charge in [0.15, 0.2) is 0 Å². The van der Waals surface area contributed by atoms with Gasteiger partial charge in [0.05, 0.1) is 6.04 Å². The van der Waals surface area contributed by atoms with Gasteiger partial charge in [-0.05, 0) is 17.3 Å². The fourth-order valence-corrected chi connectivity index (χ4v) is 2.26. The Labute approximate surface area is 76.9 Å². The zero-order valence-electron chi connectivity index (χ0n) is 7.09. The van der Waals surface area contributed by atoms with Crippen LogP contribution in [0.3, 0.4) is 0 Å². The molecule has 0 amide bonds. The Bertz CT molecular complexity index is 246. The highest BCUT2D eigenvalue weighted by atomic mass is 32.2. The minimum atomic E-state index is -4.45. The van der Waals surface area contributed by atoms with Crippen LogP contribution < -0.4 is 0 Å². The molecule has 6 nitrogen and oxygen atoms in total. The van der Waals surface area contributed by atoms with E-state index in [1.165, 1.54) is 0 Å². The van der Waals surface area contributed by atoms with Gasteiger partial charge in [-0.15, -0.1) is 4.99 Å². The normalized spacial score (nSPS) is 20.8. The zero-order valence-corrected chi connectivity index (χ0v) is 7.90. The Hall–Kier alpha value is -0.210. The lowest BCUT2D eigenvalue weighted by molar-refractivity contribution is -0.372. The van der Waals surface area contributed by atoms with Gasteiger partial charge in [-0.2, -0.15) is 8.42 Å². The average Bonchev–Trinajstić information content (AvgIpc) is 2.05.